The van der Waals surface area contributed by atoms with Gasteiger partial charge in [-0.05, 0) is 26.0 Å². The molecular weight excluding hydrogens is 238 g/mol. The average Bonchev–Trinajstić information content (AvgIpc) is 2.38. The number of hydrogen-bond acceptors (Lipinski definition) is 6. The summed E-state index contributed by atoms with van der Waals surface area (Å²) in [5, 5.41) is 0. The predicted octanol–water partition coefficient (Wildman–Crippen LogP) is 1.20. The second-order valence-corrected chi connectivity index (χ2v) is 3.35. The molecule has 1 aromatic heterocycles. The van der Waals surface area contributed by atoms with Crippen molar-refractivity contribution in [1.82, 2.24) is 4.98 Å². The molecule has 0 amide bonds. The van der Waals surface area contributed by atoms with Gasteiger partial charge in [0.25, 0.3) is 0 Å². The number of rotatable bonds is 5. The maximum absolute atomic E-state index is 11.4. The van der Waals surface area contributed by atoms with Crippen LogP contribution in [0.3, 0.4) is 0 Å². The van der Waals surface area contributed by atoms with E-state index in [2.05, 4.69) is 9.72 Å². The lowest BCUT2D eigenvalue weighted by atomic mass is 10.3. The average molecular weight is 253 g/mol. The molecule has 0 radical (unpaired) electrons. The fraction of sp³-hybridized carbons (Fsp3) is 0.417. The molecule has 0 bridgehead atoms. The van der Waals surface area contributed by atoms with E-state index >= 15 is 0 Å². The number of pyridine rings is 1. The van der Waals surface area contributed by atoms with Crippen molar-refractivity contribution in [1.29, 1.82) is 0 Å². The van der Waals surface area contributed by atoms with Gasteiger partial charge in [-0.1, -0.05) is 0 Å². The highest BCUT2D eigenvalue weighted by atomic mass is 16.6. The molecule has 0 N–H and O–H groups in total. The molecule has 0 saturated heterocycles. The zero-order valence-corrected chi connectivity index (χ0v) is 10.5. The summed E-state index contributed by atoms with van der Waals surface area (Å²) in [7, 11) is 1.25. The first kappa shape index (κ1) is 14.0. The van der Waals surface area contributed by atoms with Gasteiger partial charge in [-0.15, -0.1) is 0 Å². The highest BCUT2D eigenvalue weighted by molar-refractivity contribution is 5.90. The number of nitrogens with zero attached hydrogens (tertiary/aromatic N) is 1. The smallest absolute Gasteiger partial charge is 0.360 e. The molecule has 0 unspecified atom stereocenters. The lowest BCUT2D eigenvalue weighted by molar-refractivity contribution is -0.150. The van der Waals surface area contributed by atoms with Crippen molar-refractivity contribution in [3.8, 4) is 5.75 Å². The van der Waals surface area contributed by atoms with Crippen LogP contribution in [-0.4, -0.2) is 36.7 Å². The van der Waals surface area contributed by atoms with Crippen LogP contribution < -0.4 is 4.74 Å². The lowest BCUT2D eigenvalue weighted by Gasteiger charge is -2.14. The molecule has 0 aliphatic heterocycles. The van der Waals surface area contributed by atoms with Crippen molar-refractivity contribution >= 4 is 11.9 Å². The molecular formula is C12H15NO5. The van der Waals surface area contributed by atoms with Crippen molar-refractivity contribution < 1.29 is 23.8 Å². The summed E-state index contributed by atoms with van der Waals surface area (Å²) in [4.78, 5) is 26.7. The quantitative estimate of drug-likeness (QED) is 0.734. The van der Waals surface area contributed by atoms with E-state index < -0.39 is 18.0 Å². The van der Waals surface area contributed by atoms with Crippen molar-refractivity contribution in [3.05, 3.63) is 24.0 Å². The Morgan fingerprint density at radius 2 is 2.17 bits per heavy atom. The molecule has 1 rings (SSSR count). The second kappa shape index (κ2) is 6.58. The van der Waals surface area contributed by atoms with Crippen LogP contribution in [0.25, 0.3) is 0 Å². The largest absolute Gasteiger partial charge is 0.476 e. The SMILES string of the molecule is CCOC(=O)[C@@H](C)Oc1cccnc1C(=O)OC. The maximum atomic E-state index is 11.4. The summed E-state index contributed by atoms with van der Waals surface area (Å²) in [5.41, 5.74) is 0.0242. The Balaban J connectivity index is 2.84. The summed E-state index contributed by atoms with van der Waals surface area (Å²) in [5.74, 6) is -0.941. The van der Waals surface area contributed by atoms with Gasteiger partial charge in [-0.3, -0.25) is 0 Å². The predicted molar refractivity (Wildman–Crippen MR) is 62.3 cm³/mol. The van der Waals surface area contributed by atoms with Crippen LogP contribution in [0.2, 0.25) is 0 Å². The first-order valence-electron chi connectivity index (χ1n) is 5.46. The van der Waals surface area contributed by atoms with Gasteiger partial charge in [0.15, 0.2) is 17.5 Å². The van der Waals surface area contributed by atoms with Gasteiger partial charge >= 0.3 is 11.9 Å². The number of methoxy groups -OCH3 is 1. The van der Waals surface area contributed by atoms with E-state index in [1.54, 1.807) is 13.0 Å². The molecule has 6 nitrogen and oxygen atoms in total. The van der Waals surface area contributed by atoms with Crippen molar-refractivity contribution in [3.63, 3.8) is 0 Å². The molecule has 98 valence electrons. The summed E-state index contributed by atoms with van der Waals surface area (Å²) >= 11 is 0. The van der Waals surface area contributed by atoms with E-state index in [0.717, 1.165) is 0 Å². The number of carbonyl (C=O) groups is 2. The normalized spacial score (nSPS) is 11.5. The second-order valence-electron chi connectivity index (χ2n) is 3.35. The molecule has 0 aliphatic rings. The maximum Gasteiger partial charge on any atom is 0.360 e. The minimum atomic E-state index is -0.822. The van der Waals surface area contributed by atoms with Gasteiger partial charge < -0.3 is 14.2 Å². The third kappa shape index (κ3) is 3.44. The number of aromatic nitrogens is 1. The van der Waals surface area contributed by atoms with E-state index in [1.807, 2.05) is 0 Å². The third-order valence-electron chi connectivity index (χ3n) is 2.07. The van der Waals surface area contributed by atoms with E-state index in [4.69, 9.17) is 9.47 Å². The van der Waals surface area contributed by atoms with Crippen molar-refractivity contribution in [2.45, 2.75) is 20.0 Å². The number of carbonyl (C=O) groups excluding carboxylic acids is 2. The molecule has 0 spiro atoms. The fourth-order valence-electron chi connectivity index (χ4n) is 1.23. The van der Waals surface area contributed by atoms with Crippen LogP contribution in [0.4, 0.5) is 0 Å². The Labute approximate surface area is 105 Å². The molecule has 0 saturated carbocycles. The van der Waals surface area contributed by atoms with Gasteiger partial charge in [0.1, 0.15) is 0 Å². The molecule has 0 fully saturated rings. The van der Waals surface area contributed by atoms with Gasteiger partial charge in [0, 0.05) is 6.20 Å². The molecule has 0 aromatic carbocycles. The Kier molecular flexibility index (Phi) is 5.10. The van der Waals surface area contributed by atoms with Crippen LogP contribution in [-0.2, 0) is 14.3 Å². The zero-order chi connectivity index (χ0) is 13.5. The van der Waals surface area contributed by atoms with E-state index in [0.29, 0.717) is 0 Å². The Morgan fingerprint density at radius 1 is 1.44 bits per heavy atom. The summed E-state index contributed by atoms with van der Waals surface area (Å²) in [6.07, 6.45) is 0.617. The van der Waals surface area contributed by atoms with E-state index in [1.165, 1.54) is 26.3 Å². The topological polar surface area (TPSA) is 74.7 Å². The van der Waals surface area contributed by atoms with Crippen LogP contribution in [0.15, 0.2) is 18.3 Å². The monoisotopic (exact) mass is 253 g/mol. The van der Waals surface area contributed by atoms with E-state index in [9.17, 15) is 9.59 Å². The Hall–Kier alpha value is -2.11. The highest BCUT2D eigenvalue weighted by Gasteiger charge is 2.20. The zero-order valence-electron chi connectivity index (χ0n) is 10.5. The molecule has 1 aromatic rings. The standard InChI is InChI=1S/C12H15NO5/c1-4-17-11(14)8(2)18-9-6-5-7-13-10(9)12(15)16-3/h5-8H,4H2,1-3H3/t8-/m1/s1. The first-order chi connectivity index (χ1) is 8.60. The van der Waals surface area contributed by atoms with Gasteiger partial charge in [-0.25, -0.2) is 14.6 Å². The molecule has 0 aliphatic carbocycles. The molecule has 1 atom stereocenters. The van der Waals surface area contributed by atoms with Gasteiger partial charge in [0.2, 0.25) is 0 Å². The lowest BCUT2D eigenvalue weighted by Crippen LogP contribution is -2.27. The summed E-state index contributed by atoms with van der Waals surface area (Å²) < 4.78 is 14.7. The van der Waals surface area contributed by atoms with Crippen LogP contribution in [0.1, 0.15) is 24.3 Å². The third-order valence-corrected chi connectivity index (χ3v) is 2.07. The Morgan fingerprint density at radius 3 is 2.78 bits per heavy atom. The van der Waals surface area contributed by atoms with E-state index in [-0.39, 0.29) is 18.1 Å². The van der Waals surface area contributed by atoms with Crippen molar-refractivity contribution in [2.24, 2.45) is 0 Å². The number of esters is 2. The number of hydrogen-bond donors (Lipinski definition) is 0. The molecule has 1 heterocycles. The van der Waals surface area contributed by atoms with Crippen molar-refractivity contribution in [2.75, 3.05) is 13.7 Å². The van der Waals surface area contributed by atoms with Crippen LogP contribution in [0, 0.1) is 0 Å². The van der Waals surface area contributed by atoms with Crippen LogP contribution in [0.5, 0.6) is 5.75 Å². The molecule has 6 heteroatoms. The van der Waals surface area contributed by atoms with Gasteiger partial charge in [-0.2, -0.15) is 0 Å². The Bertz CT molecular complexity index is 432. The summed E-state index contributed by atoms with van der Waals surface area (Å²) in [6.45, 7) is 3.50. The minimum absolute atomic E-state index is 0.0242. The minimum Gasteiger partial charge on any atom is -0.476 e. The molecule has 18 heavy (non-hydrogen) atoms. The highest BCUT2D eigenvalue weighted by Crippen LogP contribution is 2.18. The fourth-order valence-corrected chi connectivity index (χ4v) is 1.23. The van der Waals surface area contributed by atoms with Crippen LogP contribution >= 0.6 is 0 Å². The van der Waals surface area contributed by atoms with Gasteiger partial charge in [0.05, 0.1) is 13.7 Å². The summed E-state index contributed by atoms with van der Waals surface area (Å²) in [6, 6.07) is 3.13. The first-order valence-corrected chi connectivity index (χ1v) is 5.46. The number of ether oxygens (including phenoxy) is 3.